The molecule has 0 radical (unpaired) electrons. The Hall–Kier alpha value is -3.77. The average Bonchev–Trinajstić information content (AvgIpc) is 2.91. The number of rotatable bonds is 14. The molecule has 37 heavy (non-hydrogen) atoms. The zero-order chi connectivity index (χ0) is 26.6. The molecule has 196 valence electrons. The number of para-hydroxylation sites is 1. The number of ketones is 1. The molecular formula is C31H38N2O4. The molecule has 0 unspecified atom stereocenters. The summed E-state index contributed by atoms with van der Waals surface area (Å²) in [6, 6.07) is 20.9. The smallest absolute Gasteiger partial charge is 0.189 e. The fraction of sp³-hybridized carbons (Fsp3) is 0.323. The molecule has 0 aromatic heterocycles. The summed E-state index contributed by atoms with van der Waals surface area (Å²) >= 11 is 0. The molecular weight excluding hydrogens is 464 g/mol. The maximum absolute atomic E-state index is 12.5. The van der Waals surface area contributed by atoms with E-state index >= 15 is 0 Å². The second-order valence-electron chi connectivity index (χ2n) is 9.10. The number of unbranched alkanes of at least 4 members (excludes halogenated alkanes) is 1. The summed E-state index contributed by atoms with van der Waals surface area (Å²) in [5.41, 5.74) is 3.22. The van der Waals surface area contributed by atoms with Crippen molar-refractivity contribution >= 4 is 17.5 Å². The zero-order valence-corrected chi connectivity index (χ0v) is 22.3. The number of phenols is 1. The Labute approximate surface area is 220 Å². The van der Waals surface area contributed by atoms with E-state index in [1.807, 2.05) is 67.5 Å². The van der Waals surface area contributed by atoms with E-state index in [1.54, 1.807) is 25.3 Å². The lowest BCUT2D eigenvalue weighted by Gasteiger charge is -2.21. The zero-order valence-electron chi connectivity index (χ0n) is 22.3. The highest BCUT2D eigenvalue weighted by atomic mass is 16.5. The minimum absolute atomic E-state index is 0.0218. The quantitative estimate of drug-likeness (QED) is 0.165. The minimum atomic E-state index is -0.241. The lowest BCUT2D eigenvalue weighted by molar-refractivity contribution is 0.104. The first-order valence-electron chi connectivity index (χ1n) is 12.7. The van der Waals surface area contributed by atoms with Crippen LogP contribution in [0.4, 0.5) is 5.69 Å². The number of carbonyl (C=O) groups excluding carboxylic acids is 1. The minimum Gasteiger partial charge on any atom is -0.507 e. The highest BCUT2D eigenvalue weighted by Gasteiger charge is 2.10. The lowest BCUT2D eigenvalue weighted by atomic mass is 10.1. The highest BCUT2D eigenvalue weighted by molar-refractivity contribution is 6.08. The molecule has 0 amide bonds. The van der Waals surface area contributed by atoms with E-state index in [9.17, 15) is 9.90 Å². The summed E-state index contributed by atoms with van der Waals surface area (Å²) in [6.45, 7) is 5.70. The molecule has 0 saturated heterocycles. The molecule has 0 bridgehead atoms. The monoisotopic (exact) mass is 502 g/mol. The summed E-state index contributed by atoms with van der Waals surface area (Å²) in [5.74, 6) is 1.48. The molecule has 0 aliphatic heterocycles. The number of anilines is 1. The number of phenolic OH excluding ortho intramolecular Hbond substituents is 1. The number of allylic oxidation sites excluding steroid dienone is 1. The predicted molar refractivity (Wildman–Crippen MR) is 151 cm³/mol. The van der Waals surface area contributed by atoms with Gasteiger partial charge in [0.2, 0.25) is 0 Å². The molecule has 3 aromatic rings. The summed E-state index contributed by atoms with van der Waals surface area (Å²) in [6.07, 6.45) is 5.24. The van der Waals surface area contributed by atoms with E-state index in [2.05, 4.69) is 17.9 Å². The van der Waals surface area contributed by atoms with Crippen molar-refractivity contribution in [2.24, 2.45) is 0 Å². The molecule has 0 aliphatic rings. The number of methoxy groups -OCH3 is 1. The fourth-order valence-corrected chi connectivity index (χ4v) is 3.99. The van der Waals surface area contributed by atoms with Crippen molar-refractivity contribution in [1.29, 1.82) is 0 Å². The Balaban J connectivity index is 1.42. The van der Waals surface area contributed by atoms with Gasteiger partial charge >= 0.3 is 0 Å². The van der Waals surface area contributed by atoms with Gasteiger partial charge in [-0.25, -0.2) is 0 Å². The number of hydrogen-bond acceptors (Lipinski definition) is 6. The third kappa shape index (κ3) is 8.40. The number of hydrogen-bond donors (Lipinski definition) is 1. The van der Waals surface area contributed by atoms with Gasteiger partial charge in [0.05, 0.1) is 19.3 Å². The van der Waals surface area contributed by atoms with Crippen LogP contribution in [0.15, 0.2) is 72.8 Å². The van der Waals surface area contributed by atoms with E-state index < -0.39 is 0 Å². The highest BCUT2D eigenvalue weighted by Crippen LogP contribution is 2.25. The SMILES string of the molecule is CCN(CCCCOc1ccc(/C=C/C(=O)c2ccc(N(C)C)cc2O)cc1)Cc1ccccc1OC. The van der Waals surface area contributed by atoms with Gasteiger partial charge in [-0.05, 0) is 67.9 Å². The van der Waals surface area contributed by atoms with Crippen LogP contribution >= 0.6 is 0 Å². The van der Waals surface area contributed by atoms with E-state index in [1.165, 1.54) is 11.6 Å². The summed E-state index contributed by atoms with van der Waals surface area (Å²) in [5, 5.41) is 10.2. The predicted octanol–water partition coefficient (Wildman–Crippen LogP) is 6.04. The fourth-order valence-electron chi connectivity index (χ4n) is 3.99. The Kier molecular flexibility index (Phi) is 10.6. The maximum atomic E-state index is 12.5. The molecule has 6 heteroatoms. The third-order valence-electron chi connectivity index (χ3n) is 6.24. The van der Waals surface area contributed by atoms with E-state index in [0.717, 1.165) is 55.2 Å². The van der Waals surface area contributed by atoms with Crippen LogP contribution in [0.5, 0.6) is 17.2 Å². The van der Waals surface area contributed by atoms with E-state index in [0.29, 0.717) is 6.61 Å². The van der Waals surface area contributed by atoms with Crippen LogP contribution < -0.4 is 14.4 Å². The number of nitrogens with zero attached hydrogens (tertiary/aromatic N) is 2. The van der Waals surface area contributed by atoms with Gasteiger partial charge in [-0.3, -0.25) is 9.69 Å². The summed E-state index contributed by atoms with van der Waals surface area (Å²) in [7, 11) is 5.48. The Morgan fingerprint density at radius 1 is 1.00 bits per heavy atom. The van der Waals surface area contributed by atoms with Crippen LogP contribution in [-0.4, -0.2) is 56.7 Å². The standard InChI is InChI=1S/C31H38N2O4/c1-5-33(23-25-10-6-7-11-31(25)36-4)20-8-9-21-37-27-16-12-24(13-17-27)14-19-29(34)28-18-15-26(32(2)3)22-30(28)35/h6-7,10-19,22,35H,5,8-9,20-21,23H2,1-4H3/b19-14+. The molecule has 0 fully saturated rings. The Morgan fingerprint density at radius 3 is 2.43 bits per heavy atom. The average molecular weight is 503 g/mol. The first kappa shape index (κ1) is 27.8. The van der Waals surface area contributed by atoms with Crippen molar-refractivity contribution in [1.82, 2.24) is 4.90 Å². The number of aromatic hydroxyl groups is 1. The largest absolute Gasteiger partial charge is 0.507 e. The molecule has 3 rings (SSSR count). The molecule has 1 N–H and O–H groups in total. The van der Waals surface area contributed by atoms with Crippen LogP contribution in [0.1, 0.15) is 41.3 Å². The number of ether oxygens (including phenoxy) is 2. The van der Waals surface area contributed by atoms with E-state index in [4.69, 9.17) is 9.47 Å². The molecule has 3 aromatic carbocycles. The number of benzene rings is 3. The van der Waals surface area contributed by atoms with Crippen molar-refractivity contribution in [2.75, 3.05) is 45.8 Å². The Morgan fingerprint density at radius 2 is 1.76 bits per heavy atom. The second-order valence-corrected chi connectivity index (χ2v) is 9.10. The van der Waals surface area contributed by atoms with E-state index in [-0.39, 0.29) is 17.1 Å². The van der Waals surface area contributed by atoms with Gasteiger partial charge in [0.1, 0.15) is 17.2 Å². The van der Waals surface area contributed by atoms with Crippen molar-refractivity contribution < 1.29 is 19.4 Å². The molecule has 0 spiro atoms. The normalized spacial score (nSPS) is 11.2. The van der Waals surface area contributed by atoms with Gasteiger partial charge < -0.3 is 19.5 Å². The van der Waals surface area contributed by atoms with Crippen LogP contribution in [0, 0.1) is 0 Å². The van der Waals surface area contributed by atoms with Crippen molar-refractivity contribution in [2.45, 2.75) is 26.3 Å². The van der Waals surface area contributed by atoms with Gasteiger partial charge in [0.15, 0.2) is 5.78 Å². The summed E-state index contributed by atoms with van der Waals surface area (Å²) in [4.78, 5) is 16.8. The third-order valence-corrected chi connectivity index (χ3v) is 6.24. The molecule has 0 saturated carbocycles. The van der Waals surface area contributed by atoms with Gasteiger partial charge in [0, 0.05) is 38.0 Å². The van der Waals surface area contributed by atoms with Crippen molar-refractivity contribution in [3.05, 3.63) is 89.5 Å². The number of carbonyl (C=O) groups is 1. The molecule has 0 heterocycles. The topological polar surface area (TPSA) is 62.2 Å². The Bertz CT molecular complexity index is 1170. The van der Waals surface area contributed by atoms with Gasteiger partial charge in [-0.1, -0.05) is 43.3 Å². The van der Waals surface area contributed by atoms with Crippen LogP contribution in [0.2, 0.25) is 0 Å². The van der Waals surface area contributed by atoms with Crippen molar-refractivity contribution in [3.63, 3.8) is 0 Å². The van der Waals surface area contributed by atoms with Crippen molar-refractivity contribution in [3.8, 4) is 17.2 Å². The maximum Gasteiger partial charge on any atom is 0.189 e. The second kappa shape index (κ2) is 14.1. The summed E-state index contributed by atoms with van der Waals surface area (Å²) < 4.78 is 11.4. The molecule has 0 aliphatic carbocycles. The van der Waals surface area contributed by atoms with Gasteiger partial charge in [0.25, 0.3) is 0 Å². The van der Waals surface area contributed by atoms with Crippen LogP contribution in [0.3, 0.4) is 0 Å². The van der Waals surface area contributed by atoms with Gasteiger partial charge in [-0.2, -0.15) is 0 Å². The first-order chi connectivity index (χ1) is 17.9. The molecule has 6 nitrogen and oxygen atoms in total. The van der Waals surface area contributed by atoms with Crippen LogP contribution in [0.25, 0.3) is 6.08 Å². The molecule has 0 atom stereocenters. The van der Waals surface area contributed by atoms with Crippen LogP contribution in [-0.2, 0) is 6.54 Å². The van der Waals surface area contributed by atoms with Gasteiger partial charge in [-0.15, -0.1) is 0 Å². The first-order valence-corrected chi connectivity index (χ1v) is 12.7. The lowest BCUT2D eigenvalue weighted by Crippen LogP contribution is -2.24.